The Hall–Kier alpha value is -3.21. The zero-order chi connectivity index (χ0) is 19.2. The Morgan fingerprint density at radius 3 is 2.59 bits per heavy atom. The first-order valence-electron chi connectivity index (χ1n) is 8.97. The average molecular weight is 360 g/mol. The van der Waals surface area contributed by atoms with Gasteiger partial charge >= 0.3 is 0 Å². The van der Waals surface area contributed by atoms with Crippen LogP contribution < -0.4 is 5.32 Å². The second-order valence-electron chi connectivity index (χ2n) is 6.64. The van der Waals surface area contributed by atoms with Gasteiger partial charge in [-0.2, -0.15) is 5.10 Å². The van der Waals surface area contributed by atoms with Gasteiger partial charge in [0.2, 0.25) is 5.91 Å². The normalized spacial score (nSPS) is 11.1. The zero-order valence-electron chi connectivity index (χ0n) is 15.9. The molecular weight excluding hydrogens is 336 g/mol. The smallest absolute Gasteiger partial charge is 0.244 e. The second-order valence-corrected chi connectivity index (χ2v) is 6.64. The number of benzene rings is 1. The number of rotatable bonds is 6. The van der Waals surface area contributed by atoms with Gasteiger partial charge in [0.05, 0.1) is 12.2 Å². The molecule has 1 aromatic carbocycles. The molecule has 0 fully saturated rings. The molecule has 5 nitrogen and oxygen atoms in total. The molecule has 27 heavy (non-hydrogen) atoms. The first-order chi connectivity index (χ1) is 13.0. The highest BCUT2D eigenvalue weighted by Crippen LogP contribution is 2.16. The maximum absolute atomic E-state index is 12.1. The van der Waals surface area contributed by atoms with Crippen LogP contribution in [0.15, 0.2) is 54.9 Å². The number of aromatic nitrogens is 3. The quantitative estimate of drug-likeness (QED) is 0.684. The molecule has 3 aromatic rings. The standard InChI is InChI=1S/C22H24N4O/c1-16-6-8-19(9-7-16)15-26-18(3)21(17(2)25-26)10-11-22(27)24-14-20-5-4-12-23-13-20/h4-13H,14-15H2,1-3H3,(H,24,27)/b11-10+. The van der Waals surface area contributed by atoms with Gasteiger partial charge in [-0.25, -0.2) is 0 Å². The number of aryl methyl sites for hydroxylation is 2. The number of hydrogen-bond donors (Lipinski definition) is 1. The molecule has 0 saturated heterocycles. The minimum Gasteiger partial charge on any atom is -0.348 e. The molecule has 0 aliphatic heterocycles. The molecule has 5 heteroatoms. The van der Waals surface area contributed by atoms with Gasteiger partial charge in [-0.05, 0) is 44.0 Å². The van der Waals surface area contributed by atoms with Crippen molar-refractivity contribution >= 4 is 12.0 Å². The lowest BCUT2D eigenvalue weighted by atomic mass is 10.1. The third-order valence-electron chi connectivity index (χ3n) is 4.48. The van der Waals surface area contributed by atoms with Gasteiger partial charge in [-0.15, -0.1) is 0 Å². The molecule has 0 aliphatic carbocycles. The second kappa shape index (κ2) is 8.45. The molecule has 0 saturated carbocycles. The number of hydrogen-bond acceptors (Lipinski definition) is 3. The van der Waals surface area contributed by atoms with Crippen LogP contribution in [-0.4, -0.2) is 20.7 Å². The van der Waals surface area contributed by atoms with Crippen LogP contribution in [-0.2, 0) is 17.9 Å². The van der Waals surface area contributed by atoms with E-state index in [0.29, 0.717) is 13.1 Å². The van der Waals surface area contributed by atoms with Gasteiger partial charge in [-0.3, -0.25) is 14.5 Å². The van der Waals surface area contributed by atoms with Gasteiger partial charge in [0.15, 0.2) is 0 Å². The molecule has 0 bridgehead atoms. The van der Waals surface area contributed by atoms with Crippen molar-refractivity contribution in [2.75, 3.05) is 0 Å². The molecule has 2 heterocycles. The summed E-state index contributed by atoms with van der Waals surface area (Å²) in [6.07, 6.45) is 6.85. The van der Waals surface area contributed by atoms with Crippen LogP contribution in [0.25, 0.3) is 6.08 Å². The number of carbonyl (C=O) groups excluding carboxylic acids is 1. The monoisotopic (exact) mass is 360 g/mol. The van der Waals surface area contributed by atoms with E-state index < -0.39 is 0 Å². The van der Waals surface area contributed by atoms with Crippen molar-refractivity contribution in [2.45, 2.75) is 33.9 Å². The van der Waals surface area contributed by atoms with E-state index in [-0.39, 0.29) is 5.91 Å². The minimum atomic E-state index is -0.135. The lowest BCUT2D eigenvalue weighted by Crippen LogP contribution is -2.20. The van der Waals surface area contributed by atoms with Crippen LogP contribution in [0.3, 0.4) is 0 Å². The Labute approximate surface area is 159 Å². The molecule has 1 amide bonds. The number of amides is 1. The predicted molar refractivity (Wildman–Crippen MR) is 107 cm³/mol. The van der Waals surface area contributed by atoms with Crippen LogP contribution in [0, 0.1) is 20.8 Å². The Morgan fingerprint density at radius 2 is 1.89 bits per heavy atom. The molecule has 3 rings (SSSR count). The fourth-order valence-corrected chi connectivity index (χ4v) is 2.88. The van der Waals surface area contributed by atoms with Gasteiger partial charge in [0.25, 0.3) is 0 Å². The van der Waals surface area contributed by atoms with Crippen molar-refractivity contribution < 1.29 is 4.79 Å². The maximum Gasteiger partial charge on any atom is 0.244 e. The summed E-state index contributed by atoms with van der Waals surface area (Å²) in [4.78, 5) is 16.1. The largest absolute Gasteiger partial charge is 0.348 e. The van der Waals surface area contributed by atoms with Gasteiger partial charge in [-0.1, -0.05) is 35.9 Å². The zero-order valence-corrected chi connectivity index (χ0v) is 15.9. The first kappa shape index (κ1) is 18.6. The van der Waals surface area contributed by atoms with E-state index in [2.05, 4.69) is 46.6 Å². The summed E-state index contributed by atoms with van der Waals surface area (Å²) in [6.45, 7) is 7.25. The topological polar surface area (TPSA) is 59.8 Å². The van der Waals surface area contributed by atoms with Crippen molar-refractivity contribution in [3.05, 3.63) is 88.5 Å². The van der Waals surface area contributed by atoms with E-state index in [4.69, 9.17) is 0 Å². The van der Waals surface area contributed by atoms with Crippen molar-refractivity contribution in [1.82, 2.24) is 20.1 Å². The van der Waals surface area contributed by atoms with Crippen LogP contribution in [0.2, 0.25) is 0 Å². The van der Waals surface area contributed by atoms with Gasteiger partial charge < -0.3 is 5.32 Å². The highest BCUT2D eigenvalue weighted by Gasteiger charge is 2.10. The van der Waals surface area contributed by atoms with Gasteiger partial charge in [0, 0.05) is 36.3 Å². The lowest BCUT2D eigenvalue weighted by molar-refractivity contribution is -0.116. The highest BCUT2D eigenvalue weighted by atomic mass is 16.1. The summed E-state index contributed by atoms with van der Waals surface area (Å²) in [5, 5.41) is 7.49. The summed E-state index contributed by atoms with van der Waals surface area (Å²) in [7, 11) is 0. The van der Waals surface area contributed by atoms with E-state index in [1.165, 1.54) is 11.1 Å². The summed E-state index contributed by atoms with van der Waals surface area (Å²) in [5.74, 6) is -0.135. The number of nitrogens with zero attached hydrogens (tertiary/aromatic N) is 3. The summed E-state index contributed by atoms with van der Waals surface area (Å²) in [6, 6.07) is 12.2. The van der Waals surface area contributed by atoms with Crippen LogP contribution >= 0.6 is 0 Å². The Morgan fingerprint density at radius 1 is 1.11 bits per heavy atom. The fourth-order valence-electron chi connectivity index (χ4n) is 2.88. The van der Waals surface area contributed by atoms with Gasteiger partial charge in [0.1, 0.15) is 0 Å². The number of pyridine rings is 1. The Kier molecular flexibility index (Phi) is 5.81. The molecule has 0 aliphatic rings. The number of carbonyl (C=O) groups is 1. The Bertz CT molecular complexity index is 940. The van der Waals surface area contributed by atoms with E-state index in [1.807, 2.05) is 36.7 Å². The summed E-state index contributed by atoms with van der Waals surface area (Å²) >= 11 is 0. The summed E-state index contributed by atoms with van der Waals surface area (Å²) < 4.78 is 1.98. The minimum absolute atomic E-state index is 0.135. The molecule has 138 valence electrons. The van der Waals surface area contributed by atoms with E-state index >= 15 is 0 Å². The maximum atomic E-state index is 12.1. The lowest BCUT2D eigenvalue weighted by Gasteiger charge is -2.05. The molecule has 0 spiro atoms. The summed E-state index contributed by atoms with van der Waals surface area (Å²) in [5.41, 5.74) is 6.36. The van der Waals surface area contributed by atoms with Crippen LogP contribution in [0.4, 0.5) is 0 Å². The predicted octanol–water partition coefficient (Wildman–Crippen LogP) is 3.58. The molecule has 1 N–H and O–H groups in total. The third kappa shape index (κ3) is 4.91. The van der Waals surface area contributed by atoms with E-state index in [1.54, 1.807) is 18.5 Å². The molecule has 0 radical (unpaired) electrons. The van der Waals surface area contributed by atoms with Crippen molar-refractivity contribution in [3.8, 4) is 0 Å². The van der Waals surface area contributed by atoms with E-state index in [0.717, 1.165) is 22.5 Å². The molecule has 0 unspecified atom stereocenters. The van der Waals surface area contributed by atoms with Crippen LogP contribution in [0.1, 0.15) is 33.6 Å². The molecule has 0 atom stereocenters. The average Bonchev–Trinajstić information content (AvgIpc) is 2.94. The SMILES string of the molecule is Cc1ccc(Cn2nc(C)c(/C=C/C(=O)NCc3cccnc3)c2C)cc1. The molecular formula is C22H24N4O. The van der Waals surface area contributed by atoms with Crippen LogP contribution in [0.5, 0.6) is 0 Å². The fraction of sp³-hybridized carbons (Fsp3) is 0.227. The molecule has 2 aromatic heterocycles. The van der Waals surface area contributed by atoms with Crippen molar-refractivity contribution in [3.63, 3.8) is 0 Å². The van der Waals surface area contributed by atoms with E-state index in [9.17, 15) is 4.79 Å². The first-order valence-corrected chi connectivity index (χ1v) is 8.97. The highest BCUT2D eigenvalue weighted by molar-refractivity contribution is 5.91. The Balaban J connectivity index is 1.65. The van der Waals surface area contributed by atoms with Crippen molar-refractivity contribution in [2.24, 2.45) is 0 Å². The number of nitrogens with one attached hydrogen (secondary N) is 1. The third-order valence-corrected chi connectivity index (χ3v) is 4.48. The van der Waals surface area contributed by atoms with Crippen molar-refractivity contribution in [1.29, 1.82) is 0 Å².